The van der Waals surface area contributed by atoms with E-state index in [0.29, 0.717) is 22.4 Å². The minimum atomic E-state index is -1.35. The molecule has 0 aromatic heterocycles. The molecule has 2 amide bonds. The van der Waals surface area contributed by atoms with E-state index < -0.39 is 24.2 Å². The average Bonchev–Trinajstić information content (AvgIpc) is 2.65. The molecule has 0 atom stereocenters. The Morgan fingerprint density at radius 1 is 1.15 bits per heavy atom. The molecular formula is C20H16NO6-. The number of carboxylic acid groups (broad SMARTS) is 1. The molecular weight excluding hydrogens is 350 g/mol. The Morgan fingerprint density at radius 2 is 1.85 bits per heavy atom. The maximum atomic E-state index is 12.9. The predicted molar refractivity (Wildman–Crippen MR) is 94.6 cm³/mol. The minimum absolute atomic E-state index is 0.0896. The highest BCUT2D eigenvalue weighted by molar-refractivity contribution is 6.33. The van der Waals surface area contributed by atoms with Gasteiger partial charge in [-0.3, -0.25) is 14.5 Å². The zero-order valence-electron chi connectivity index (χ0n) is 14.5. The lowest BCUT2D eigenvalue weighted by molar-refractivity contribution is -0.305. The molecule has 0 bridgehead atoms. The minimum Gasteiger partial charge on any atom is -0.550 e. The first kappa shape index (κ1) is 18.2. The summed E-state index contributed by atoms with van der Waals surface area (Å²) in [4.78, 5) is 37.1. The van der Waals surface area contributed by atoms with Gasteiger partial charge in [-0.15, -0.1) is 0 Å². The maximum absolute atomic E-state index is 12.9. The number of ether oxygens (including phenoxy) is 1. The fourth-order valence-corrected chi connectivity index (χ4v) is 2.91. The van der Waals surface area contributed by atoms with Crippen molar-refractivity contribution in [2.75, 3.05) is 13.7 Å². The van der Waals surface area contributed by atoms with Crippen molar-refractivity contribution in [3.63, 3.8) is 0 Å². The molecule has 0 aliphatic carbocycles. The van der Waals surface area contributed by atoms with Gasteiger partial charge in [-0.05, 0) is 35.4 Å². The van der Waals surface area contributed by atoms with Crippen molar-refractivity contribution in [1.82, 2.24) is 4.90 Å². The van der Waals surface area contributed by atoms with E-state index in [1.807, 2.05) is 0 Å². The molecule has 2 aromatic rings. The van der Waals surface area contributed by atoms with E-state index in [1.165, 1.54) is 13.2 Å². The smallest absolute Gasteiger partial charge is 0.261 e. The van der Waals surface area contributed by atoms with Gasteiger partial charge in [0.2, 0.25) is 0 Å². The van der Waals surface area contributed by atoms with Crippen molar-refractivity contribution in [1.29, 1.82) is 0 Å². The van der Waals surface area contributed by atoms with E-state index in [4.69, 9.17) is 4.74 Å². The first-order chi connectivity index (χ1) is 12.9. The van der Waals surface area contributed by atoms with E-state index >= 15 is 0 Å². The van der Waals surface area contributed by atoms with Crippen LogP contribution >= 0.6 is 0 Å². The van der Waals surface area contributed by atoms with Crippen LogP contribution in [0.15, 0.2) is 42.5 Å². The quantitative estimate of drug-likeness (QED) is 0.626. The number of carbonyl (C=O) groups excluding carboxylic acids is 3. The number of hydrogen-bond acceptors (Lipinski definition) is 6. The number of nitrogens with zero attached hydrogens (tertiary/aromatic N) is 1. The molecule has 0 saturated heterocycles. The van der Waals surface area contributed by atoms with E-state index in [-0.39, 0.29) is 17.9 Å². The van der Waals surface area contributed by atoms with Crippen LogP contribution in [0.4, 0.5) is 0 Å². The van der Waals surface area contributed by atoms with Crippen molar-refractivity contribution in [3.8, 4) is 11.5 Å². The largest absolute Gasteiger partial charge is 0.550 e. The molecule has 0 unspecified atom stereocenters. The fraction of sp³-hybridized carbons (Fsp3) is 0.150. The number of aliphatic carboxylic acids is 1. The molecule has 0 radical (unpaired) electrons. The van der Waals surface area contributed by atoms with Gasteiger partial charge in [0.05, 0.1) is 7.11 Å². The third kappa shape index (κ3) is 3.52. The molecule has 1 heterocycles. The first-order valence-electron chi connectivity index (χ1n) is 8.16. The number of fused-ring (bicyclic) bond motifs is 1. The Kier molecular flexibility index (Phi) is 4.94. The summed E-state index contributed by atoms with van der Waals surface area (Å²) >= 11 is 0. The lowest BCUT2D eigenvalue weighted by atomic mass is 9.92. The summed E-state index contributed by atoms with van der Waals surface area (Å²) in [5.74, 6) is -2.30. The highest BCUT2D eigenvalue weighted by atomic mass is 16.5. The second kappa shape index (κ2) is 7.33. The Bertz CT molecular complexity index is 963. The average molecular weight is 366 g/mol. The SMILES string of the molecule is COc1ccc(/C=C2\C(=O)N(CCC(=O)[O-])C(=O)c3ccccc32)cc1O. The Labute approximate surface area is 155 Å². The number of rotatable bonds is 5. The van der Waals surface area contributed by atoms with Gasteiger partial charge in [0.25, 0.3) is 11.8 Å². The van der Waals surface area contributed by atoms with Gasteiger partial charge in [-0.2, -0.15) is 0 Å². The number of aromatic hydroxyl groups is 1. The molecule has 0 saturated carbocycles. The molecule has 0 spiro atoms. The zero-order valence-corrected chi connectivity index (χ0v) is 14.5. The molecule has 1 aliphatic heterocycles. The summed E-state index contributed by atoms with van der Waals surface area (Å²) < 4.78 is 5.00. The predicted octanol–water partition coefficient (Wildman–Crippen LogP) is 1.06. The summed E-state index contributed by atoms with van der Waals surface area (Å²) in [5.41, 5.74) is 1.51. The monoisotopic (exact) mass is 366 g/mol. The number of phenolic OH excluding ortho intramolecular Hbond substituents is 1. The van der Waals surface area contributed by atoms with Gasteiger partial charge in [0, 0.05) is 30.1 Å². The molecule has 0 fully saturated rings. The fourth-order valence-electron chi connectivity index (χ4n) is 2.91. The van der Waals surface area contributed by atoms with Crippen LogP contribution in [0.5, 0.6) is 11.5 Å². The van der Waals surface area contributed by atoms with Crippen LogP contribution in [0.1, 0.15) is 27.9 Å². The number of carboxylic acids is 1. The topological polar surface area (TPSA) is 107 Å². The van der Waals surface area contributed by atoms with Gasteiger partial charge in [-0.1, -0.05) is 24.3 Å². The molecule has 7 heteroatoms. The lowest BCUT2D eigenvalue weighted by Gasteiger charge is -2.28. The van der Waals surface area contributed by atoms with E-state index in [0.717, 1.165) is 4.90 Å². The lowest BCUT2D eigenvalue weighted by Crippen LogP contribution is -2.43. The highest BCUT2D eigenvalue weighted by Crippen LogP contribution is 2.32. The third-order valence-electron chi connectivity index (χ3n) is 4.22. The summed E-state index contributed by atoms with van der Waals surface area (Å²) in [7, 11) is 1.43. The van der Waals surface area contributed by atoms with E-state index in [1.54, 1.807) is 42.5 Å². The van der Waals surface area contributed by atoms with Crippen LogP contribution < -0.4 is 9.84 Å². The third-order valence-corrected chi connectivity index (χ3v) is 4.22. The summed E-state index contributed by atoms with van der Waals surface area (Å²) in [5, 5.41) is 20.7. The second-order valence-corrected chi connectivity index (χ2v) is 5.92. The number of methoxy groups -OCH3 is 1. The second-order valence-electron chi connectivity index (χ2n) is 5.92. The van der Waals surface area contributed by atoms with Crippen molar-refractivity contribution < 1.29 is 29.3 Å². The first-order valence-corrected chi connectivity index (χ1v) is 8.16. The summed E-state index contributed by atoms with van der Waals surface area (Å²) in [6.45, 7) is -0.278. The van der Waals surface area contributed by atoms with Gasteiger partial charge >= 0.3 is 0 Å². The van der Waals surface area contributed by atoms with Crippen molar-refractivity contribution in [3.05, 3.63) is 59.2 Å². The van der Waals surface area contributed by atoms with Crippen molar-refractivity contribution in [2.45, 2.75) is 6.42 Å². The van der Waals surface area contributed by atoms with Gasteiger partial charge in [-0.25, -0.2) is 0 Å². The molecule has 3 rings (SSSR count). The maximum Gasteiger partial charge on any atom is 0.261 e. The van der Waals surface area contributed by atoms with Crippen LogP contribution in [0.2, 0.25) is 0 Å². The molecule has 1 aliphatic rings. The molecule has 138 valence electrons. The molecule has 1 N–H and O–H groups in total. The van der Waals surface area contributed by atoms with Crippen molar-refractivity contribution in [2.24, 2.45) is 0 Å². The Hall–Kier alpha value is -3.61. The summed E-state index contributed by atoms with van der Waals surface area (Å²) in [6, 6.07) is 11.2. The van der Waals surface area contributed by atoms with E-state index in [2.05, 4.69) is 0 Å². The number of carbonyl (C=O) groups is 3. The molecule has 2 aromatic carbocycles. The van der Waals surface area contributed by atoms with Crippen LogP contribution in [-0.4, -0.2) is 41.4 Å². The van der Waals surface area contributed by atoms with Crippen LogP contribution in [0.25, 0.3) is 11.6 Å². The highest BCUT2D eigenvalue weighted by Gasteiger charge is 2.34. The van der Waals surface area contributed by atoms with Gasteiger partial charge < -0.3 is 19.7 Å². The number of benzene rings is 2. The van der Waals surface area contributed by atoms with Crippen LogP contribution in [-0.2, 0) is 9.59 Å². The zero-order chi connectivity index (χ0) is 19.6. The van der Waals surface area contributed by atoms with Gasteiger partial charge in [0.15, 0.2) is 11.5 Å². The van der Waals surface area contributed by atoms with Gasteiger partial charge in [0.1, 0.15) is 0 Å². The molecule has 7 nitrogen and oxygen atoms in total. The number of amides is 2. The van der Waals surface area contributed by atoms with E-state index in [9.17, 15) is 24.6 Å². The number of imide groups is 1. The number of phenols is 1. The Balaban J connectivity index is 2.08. The summed E-state index contributed by atoms with van der Waals surface area (Å²) in [6.07, 6.45) is 1.09. The number of hydrogen-bond donors (Lipinski definition) is 1. The van der Waals surface area contributed by atoms with Crippen molar-refractivity contribution >= 4 is 29.4 Å². The normalized spacial score (nSPS) is 15.0. The van der Waals surface area contributed by atoms with Crippen LogP contribution in [0.3, 0.4) is 0 Å². The van der Waals surface area contributed by atoms with Crippen LogP contribution in [0, 0.1) is 0 Å². The standard InChI is InChI=1S/C20H17NO6/c1-27-17-7-6-12(11-16(17)22)10-15-13-4-2-3-5-14(13)19(25)21(20(15)26)9-8-18(23)24/h2-7,10-11,22H,8-9H2,1H3,(H,23,24)/p-1/b15-10-. The Morgan fingerprint density at radius 3 is 2.48 bits per heavy atom. The molecule has 27 heavy (non-hydrogen) atoms.